The molecule has 0 aliphatic rings. The zero-order valence-corrected chi connectivity index (χ0v) is 13.1. The van der Waals surface area contributed by atoms with Gasteiger partial charge in [-0.2, -0.15) is 0 Å². The van der Waals surface area contributed by atoms with Gasteiger partial charge in [-0.1, -0.05) is 17.7 Å². The first-order valence-electron chi connectivity index (χ1n) is 5.74. The van der Waals surface area contributed by atoms with E-state index in [2.05, 4.69) is 27.6 Å². The number of hydrogen-bond donors (Lipinski definition) is 1. The average Bonchev–Trinajstić information content (AvgIpc) is 2.71. The Morgan fingerprint density at radius 2 is 2.05 bits per heavy atom. The van der Waals surface area contributed by atoms with Gasteiger partial charge in [-0.3, -0.25) is 0 Å². The summed E-state index contributed by atoms with van der Waals surface area (Å²) in [5, 5.41) is 0.697. The number of aromatic nitrogens is 2. The first-order chi connectivity index (χ1) is 9.08. The van der Waals surface area contributed by atoms with Crippen molar-refractivity contribution in [3.8, 4) is 11.4 Å². The van der Waals surface area contributed by atoms with Crippen molar-refractivity contribution >= 4 is 50.9 Å². The lowest BCUT2D eigenvalue weighted by Crippen LogP contribution is -1.97. The molecule has 19 heavy (non-hydrogen) atoms. The van der Waals surface area contributed by atoms with Gasteiger partial charge in [-0.25, -0.2) is 4.98 Å². The van der Waals surface area contributed by atoms with E-state index >= 15 is 0 Å². The van der Waals surface area contributed by atoms with E-state index in [1.165, 1.54) is 0 Å². The fourth-order valence-corrected chi connectivity index (χ4v) is 2.97. The minimum Gasteiger partial charge on any atom is -0.398 e. The van der Waals surface area contributed by atoms with Crippen molar-refractivity contribution in [2.24, 2.45) is 7.05 Å². The number of benzene rings is 2. The third kappa shape index (κ3) is 2.08. The SMILES string of the molecule is Cn1c(-c2cc(I)ccc2N)nc2cccc(Cl)c21. The summed E-state index contributed by atoms with van der Waals surface area (Å²) in [5.74, 6) is 0.833. The van der Waals surface area contributed by atoms with Crippen LogP contribution in [0.2, 0.25) is 5.02 Å². The van der Waals surface area contributed by atoms with Crippen molar-refractivity contribution < 1.29 is 0 Å². The van der Waals surface area contributed by atoms with Crippen molar-refractivity contribution in [3.63, 3.8) is 0 Å². The summed E-state index contributed by atoms with van der Waals surface area (Å²) >= 11 is 8.51. The van der Waals surface area contributed by atoms with E-state index in [1.54, 1.807) is 0 Å². The Kier molecular flexibility index (Phi) is 3.14. The molecule has 0 unspecified atom stereocenters. The lowest BCUT2D eigenvalue weighted by molar-refractivity contribution is 0.960. The summed E-state index contributed by atoms with van der Waals surface area (Å²) in [6.07, 6.45) is 0. The molecule has 96 valence electrons. The van der Waals surface area contributed by atoms with E-state index in [0.717, 1.165) is 31.7 Å². The van der Waals surface area contributed by atoms with Gasteiger partial charge in [0.05, 0.1) is 16.1 Å². The molecule has 0 fully saturated rings. The van der Waals surface area contributed by atoms with Crippen LogP contribution >= 0.6 is 34.2 Å². The normalized spacial score (nSPS) is 11.1. The Balaban J connectivity index is 2.34. The highest BCUT2D eigenvalue weighted by atomic mass is 127. The monoisotopic (exact) mass is 383 g/mol. The lowest BCUT2D eigenvalue weighted by atomic mass is 10.2. The fourth-order valence-electron chi connectivity index (χ4n) is 2.18. The van der Waals surface area contributed by atoms with Gasteiger partial charge in [0.1, 0.15) is 5.82 Å². The molecule has 0 saturated heterocycles. The molecular weight excluding hydrogens is 373 g/mol. The van der Waals surface area contributed by atoms with E-state index in [0.29, 0.717) is 5.02 Å². The summed E-state index contributed by atoms with van der Waals surface area (Å²) in [6.45, 7) is 0. The van der Waals surface area contributed by atoms with E-state index in [4.69, 9.17) is 17.3 Å². The lowest BCUT2D eigenvalue weighted by Gasteiger charge is -2.07. The first kappa shape index (κ1) is 12.7. The van der Waals surface area contributed by atoms with Crippen molar-refractivity contribution in [3.05, 3.63) is 45.0 Å². The molecule has 5 heteroatoms. The van der Waals surface area contributed by atoms with Gasteiger partial charge in [0.25, 0.3) is 0 Å². The zero-order chi connectivity index (χ0) is 13.6. The molecule has 0 spiro atoms. The largest absolute Gasteiger partial charge is 0.398 e. The smallest absolute Gasteiger partial charge is 0.143 e. The number of nitrogens with two attached hydrogens (primary N) is 1. The Bertz CT molecular complexity index is 780. The Morgan fingerprint density at radius 3 is 2.79 bits per heavy atom. The molecule has 1 aromatic heterocycles. The molecule has 0 atom stereocenters. The number of nitrogen functional groups attached to an aromatic ring is 1. The number of aryl methyl sites for hydroxylation is 1. The molecule has 3 nitrogen and oxygen atoms in total. The van der Waals surface area contributed by atoms with Crippen LogP contribution in [-0.4, -0.2) is 9.55 Å². The molecule has 2 N–H and O–H groups in total. The molecule has 3 rings (SSSR count). The summed E-state index contributed by atoms with van der Waals surface area (Å²) < 4.78 is 3.11. The highest BCUT2D eigenvalue weighted by Gasteiger charge is 2.14. The van der Waals surface area contributed by atoms with E-state index in [9.17, 15) is 0 Å². The van der Waals surface area contributed by atoms with E-state index in [1.807, 2.05) is 48.0 Å². The molecule has 0 aliphatic heterocycles. The van der Waals surface area contributed by atoms with Crippen LogP contribution in [0.25, 0.3) is 22.4 Å². The van der Waals surface area contributed by atoms with Gasteiger partial charge < -0.3 is 10.3 Å². The van der Waals surface area contributed by atoms with Crippen LogP contribution in [0.3, 0.4) is 0 Å². The third-order valence-corrected chi connectivity index (χ3v) is 4.08. The molecule has 0 radical (unpaired) electrons. The number of para-hydroxylation sites is 1. The quantitative estimate of drug-likeness (QED) is 0.508. The van der Waals surface area contributed by atoms with Gasteiger partial charge in [0.2, 0.25) is 0 Å². The first-order valence-corrected chi connectivity index (χ1v) is 7.20. The maximum atomic E-state index is 6.24. The molecule has 0 amide bonds. The Hall–Kier alpha value is -1.27. The molecular formula is C14H11ClIN3. The number of imidazole rings is 1. The van der Waals surface area contributed by atoms with Crippen LogP contribution < -0.4 is 5.73 Å². The van der Waals surface area contributed by atoms with Gasteiger partial charge >= 0.3 is 0 Å². The van der Waals surface area contributed by atoms with Gasteiger partial charge in [-0.05, 0) is 52.9 Å². The van der Waals surface area contributed by atoms with Gasteiger partial charge in [-0.15, -0.1) is 0 Å². The topological polar surface area (TPSA) is 43.8 Å². The number of hydrogen-bond acceptors (Lipinski definition) is 2. The maximum Gasteiger partial charge on any atom is 0.143 e. The minimum absolute atomic E-state index is 0.697. The summed E-state index contributed by atoms with van der Waals surface area (Å²) in [5.41, 5.74) is 9.52. The van der Waals surface area contributed by atoms with Crippen molar-refractivity contribution in [1.82, 2.24) is 9.55 Å². The second kappa shape index (κ2) is 4.68. The highest BCUT2D eigenvalue weighted by Crippen LogP contribution is 2.31. The van der Waals surface area contributed by atoms with Crippen molar-refractivity contribution in [2.45, 2.75) is 0 Å². The average molecular weight is 384 g/mol. The Morgan fingerprint density at radius 1 is 1.26 bits per heavy atom. The molecule has 0 bridgehead atoms. The van der Waals surface area contributed by atoms with Crippen LogP contribution in [0.1, 0.15) is 0 Å². The van der Waals surface area contributed by atoms with Crippen LogP contribution in [0.5, 0.6) is 0 Å². The maximum absolute atomic E-state index is 6.24. The highest BCUT2D eigenvalue weighted by molar-refractivity contribution is 14.1. The van der Waals surface area contributed by atoms with E-state index in [-0.39, 0.29) is 0 Å². The molecule has 0 aliphatic carbocycles. The molecule has 0 saturated carbocycles. The van der Waals surface area contributed by atoms with Gasteiger partial charge in [0, 0.05) is 21.9 Å². The predicted molar refractivity (Wildman–Crippen MR) is 88.3 cm³/mol. The Labute approximate surface area is 129 Å². The third-order valence-electron chi connectivity index (χ3n) is 3.10. The van der Waals surface area contributed by atoms with Crippen LogP contribution in [0.4, 0.5) is 5.69 Å². The summed E-state index contributed by atoms with van der Waals surface area (Å²) in [6, 6.07) is 11.6. The summed E-state index contributed by atoms with van der Waals surface area (Å²) in [4.78, 5) is 4.64. The number of rotatable bonds is 1. The van der Waals surface area contributed by atoms with Gasteiger partial charge in [0.15, 0.2) is 0 Å². The van der Waals surface area contributed by atoms with Crippen LogP contribution in [0, 0.1) is 3.57 Å². The standard InChI is InChI=1S/C14H11ClIN3/c1-19-13-10(15)3-2-4-12(13)18-14(19)9-7-8(16)5-6-11(9)17/h2-7H,17H2,1H3. The number of halogens is 2. The minimum atomic E-state index is 0.697. The van der Waals surface area contributed by atoms with Crippen molar-refractivity contribution in [1.29, 1.82) is 0 Å². The molecule has 3 aromatic rings. The van der Waals surface area contributed by atoms with Crippen molar-refractivity contribution in [2.75, 3.05) is 5.73 Å². The van der Waals surface area contributed by atoms with Crippen LogP contribution in [-0.2, 0) is 7.05 Å². The summed E-state index contributed by atoms with van der Waals surface area (Å²) in [7, 11) is 1.95. The second-order valence-corrected chi connectivity index (χ2v) is 5.99. The van der Waals surface area contributed by atoms with Crippen LogP contribution in [0.15, 0.2) is 36.4 Å². The number of nitrogens with zero attached hydrogens (tertiary/aromatic N) is 2. The molecule has 2 aromatic carbocycles. The molecule has 1 heterocycles. The zero-order valence-electron chi connectivity index (χ0n) is 10.2. The van der Waals surface area contributed by atoms with E-state index < -0.39 is 0 Å². The number of fused-ring (bicyclic) bond motifs is 1. The fraction of sp³-hybridized carbons (Fsp3) is 0.0714. The predicted octanol–water partition coefficient (Wildman–Crippen LogP) is 4.08. The second-order valence-electron chi connectivity index (χ2n) is 4.33. The number of anilines is 1.